The molecular formula is C19H20FN3O2S. The lowest BCUT2D eigenvalue weighted by molar-refractivity contribution is -0.140. The van der Waals surface area contributed by atoms with Crippen molar-refractivity contribution in [1.82, 2.24) is 14.8 Å². The van der Waals surface area contributed by atoms with E-state index < -0.39 is 0 Å². The van der Waals surface area contributed by atoms with Gasteiger partial charge in [0.25, 0.3) is 5.91 Å². The van der Waals surface area contributed by atoms with Gasteiger partial charge in [0.05, 0.1) is 23.7 Å². The van der Waals surface area contributed by atoms with E-state index in [0.717, 1.165) is 18.5 Å². The predicted molar refractivity (Wildman–Crippen MR) is 96.2 cm³/mol. The Hall–Kier alpha value is -2.28. The van der Waals surface area contributed by atoms with Crippen LogP contribution in [0.25, 0.3) is 0 Å². The van der Waals surface area contributed by atoms with Crippen LogP contribution in [0.4, 0.5) is 4.39 Å². The Kier molecular flexibility index (Phi) is 4.48. The van der Waals surface area contributed by atoms with Gasteiger partial charge in [0.15, 0.2) is 0 Å². The smallest absolute Gasteiger partial charge is 0.253 e. The maximum Gasteiger partial charge on any atom is 0.253 e. The van der Waals surface area contributed by atoms with Crippen molar-refractivity contribution in [1.29, 1.82) is 0 Å². The SMILES string of the molecule is Cc1cc(C(=O)N2C[C@@H]3CC[C@H](C2)N(Cc2cscn2)C3=O)ccc1F. The first-order valence-electron chi connectivity index (χ1n) is 8.76. The molecule has 0 saturated carbocycles. The molecule has 2 aromatic rings. The number of benzene rings is 1. The van der Waals surface area contributed by atoms with Crippen molar-refractivity contribution in [2.45, 2.75) is 32.4 Å². The number of halogens is 1. The van der Waals surface area contributed by atoms with Crippen molar-refractivity contribution in [3.8, 4) is 0 Å². The molecule has 0 N–H and O–H groups in total. The van der Waals surface area contributed by atoms with Crippen LogP contribution in [0.5, 0.6) is 0 Å². The van der Waals surface area contributed by atoms with Gasteiger partial charge >= 0.3 is 0 Å². The van der Waals surface area contributed by atoms with E-state index >= 15 is 0 Å². The number of nitrogens with zero attached hydrogens (tertiary/aromatic N) is 3. The highest BCUT2D eigenvalue weighted by Gasteiger charge is 2.42. The molecule has 5 rings (SSSR count). The molecule has 7 heteroatoms. The first-order valence-corrected chi connectivity index (χ1v) is 9.70. The van der Waals surface area contributed by atoms with Gasteiger partial charge in [0, 0.05) is 30.1 Å². The molecular weight excluding hydrogens is 353 g/mol. The molecule has 2 atom stereocenters. The maximum absolute atomic E-state index is 13.5. The Morgan fingerprint density at radius 3 is 2.92 bits per heavy atom. The average Bonchev–Trinajstić information content (AvgIpc) is 3.00. The molecule has 3 aliphatic rings. The predicted octanol–water partition coefficient (Wildman–Crippen LogP) is 2.85. The molecule has 0 unspecified atom stereocenters. The van der Waals surface area contributed by atoms with Crippen LogP contribution in [0.2, 0.25) is 0 Å². The molecule has 0 radical (unpaired) electrons. The Balaban J connectivity index is 1.56. The van der Waals surface area contributed by atoms with E-state index in [2.05, 4.69) is 4.98 Å². The van der Waals surface area contributed by atoms with Gasteiger partial charge in [0.1, 0.15) is 5.82 Å². The van der Waals surface area contributed by atoms with E-state index in [1.165, 1.54) is 23.5 Å². The van der Waals surface area contributed by atoms with E-state index in [1.807, 2.05) is 10.3 Å². The summed E-state index contributed by atoms with van der Waals surface area (Å²) in [6.45, 7) is 3.10. The minimum Gasteiger partial charge on any atom is -0.336 e. The second-order valence-corrected chi connectivity index (χ2v) is 7.77. The summed E-state index contributed by atoms with van der Waals surface area (Å²) in [5.41, 5.74) is 3.59. The molecule has 26 heavy (non-hydrogen) atoms. The van der Waals surface area contributed by atoms with Crippen molar-refractivity contribution < 1.29 is 14.0 Å². The molecule has 3 aliphatic heterocycles. The number of piperidine rings is 1. The van der Waals surface area contributed by atoms with Gasteiger partial charge in [-0.25, -0.2) is 9.37 Å². The van der Waals surface area contributed by atoms with Crippen LogP contribution in [0.3, 0.4) is 0 Å². The molecule has 2 amide bonds. The highest BCUT2D eigenvalue weighted by molar-refractivity contribution is 7.07. The van der Waals surface area contributed by atoms with E-state index in [1.54, 1.807) is 23.4 Å². The van der Waals surface area contributed by atoms with Gasteiger partial charge in [-0.1, -0.05) is 0 Å². The lowest BCUT2D eigenvalue weighted by Gasteiger charge is -2.35. The Morgan fingerprint density at radius 2 is 2.19 bits per heavy atom. The van der Waals surface area contributed by atoms with Crippen LogP contribution in [0.15, 0.2) is 29.1 Å². The van der Waals surface area contributed by atoms with E-state index in [9.17, 15) is 14.0 Å². The number of hydrogen-bond donors (Lipinski definition) is 0. The van der Waals surface area contributed by atoms with Crippen LogP contribution in [0.1, 0.15) is 34.5 Å². The van der Waals surface area contributed by atoms with Gasteiger partial charge in [-0.3, -0.25) is 9.59 Å². The Labute approximate surface area is 155 Å². The molecule has 1 aromatic carbocycles. The van der Waals surface area contributed by atoms with Crippen molar-refractivity contribution in [3.05, 3.63) is 51.7 Å². The zero-order valence-corrected chi connectivity index (χ0v) is 15.3. The first-order chi connectivity index (χ1) is 12.5. The quantitative estimate of drug-likeness (QED) is 0.831. The van der Waals surface area contributed by atoms with Crippen molar-refractivity contribution in [2.24, 2.45) is 5.92 Å². The van der Waals surface area contributed by atoms with Gasteiger partial charge in [0.2, 0.25) is 5.91 Å². The van der Waals surface area contributed by atoms with Crippen LogP contribution in [-0.4, -0.2) is 45.7 Å². The third-order valence-electron chi connectivity index (χ3n) is 5.30. The third kappa shape index (κ3) is 3.11. The highest BCUT2D eigenvalue weighted by Crippen LogP contribution is 2.31. The fraction of sp³-hybridized carbons (Fsp3) is 0.421. The highest BCUT2D eigenvalue weighted by atomic mass is 32.1. The Bertz CT molecular complexity index is 839. The molecule has 2 bridgehead atoms. The number of amides is 2. The lowest BCUT2D eigenvalue weighted by atomic mass is 9.94. The molecule has 4 heterocycles. The minimum atomic E-state index is -0.317. The zero-order valence-electron chi connectivity index (χ0n) is 14.5. The van der Waals surface area contributed by atoms with Gasteiger partial charge in [-0.2, -0.15) is 0 Å². The Morgan fingerprint density at radius 1 is 1.35 bits per heavy atom. The number of rotatable bonds is 3. The number of thiazole rings is 1. The third-order valence-corrected chi connectivity index (χ3v) is 5.94. The molecule has 0 aliphatic carbocycles. The second-order valence-electron chi connectivity index (χ2n) is 7.05. The number of fused-ring (bicyclic) bond motifs is 4. The van der Waals surface area contributed by atoms with Crippen molar-refractivity contribution >= 4 is 23.2 Å². The van der Waals surface area contributed by atoms with E-state index in [-0.39, 0.29) is 29.6 Å². The van der Waals surface area contributed by atoms with Gasteiger partial charge < -0.3 is 9.80 Å². The van der Waals surface area contributed by atoms with Crippen LogP contribution >= 0.6 is 11.3 Å². The fourth-order valence-electron chi connectivity index (χ4n) is 3.86. The van der Waals surface area contributed by atoms with E-state index in [0.29, 0.717) is 30.8 Å². The second kappa shape index (κ2) is 6.79. The molecule has 0 spiro atoms. The number of aromatic nitrogens is 1. The monoisotopic (exact) mass is 373 g/mol. The van der Waals surface area contributed by atoms with Crippen molar-refractivity contribution in [3.63, 3.8) is 0 Å². The standard InChI is InChI=1S/C19H20FN3O2S/c1-12-6-13(3-5-17(12)20)18(24)22-7-14-2-4-16(9-22)23(19(14)25)8-15-10-26-11-21-15/h3,5-6,10-11,14,16H,2,4,7-9H2,1H3/t14-,16+/m0/s1. The van der Waals surface area contributed by atoms with Crippen LogP contribution < -0.4 is 0 Å². The first kappa shape index (κ1) is 17.1. The normalized spacial score (nSPS) is 22.6. The molecule has 1 aromatic heterocycles. The molecule has 5 nitrogen and oxygen atoms in total. The lowest BCUT2D eigenvalue weighted by Crippen LogP contribution is -2.47. The molecule has 3 fully saturated rings. The number of hydrogen-bond acceptors (Lipinski definition) is 4. The summed E-state index contributed by atoms with van der Waals surface area (Å²) in [7, 11) is 0. The summed E-state index contributed by atoms with van der Waals surface area (Å²) in [5, 5.41) is 1.95. The molecule has 3 saturated heterocycles. The largest absolute Gasteiger partial charge is 0.336 e. The topological polar surface area (TPSA) is 53.5 Å². The van der Waals surface area contributed by atoms with Crippen molar-refractivity contribution in [2.75, 3.05) is 13.1 Å². The fourth-order valence-corrected chi connectivity index (χ4v) is 4.41. The summed E-state index contributed by atoms with van der Waals surface area (Å²) < 4.78 is 13.5. The summed E-state index contributed by atoms with van der Waals surface area (Å²) in [6.07, 6.45) is 1.70. The average molecular weight is 373 g/mol. The maximum atomic E-state index is 13.5. The number of carbonyl (C=O) groups excluding carboxylic acids is 2. The van der Waals surface area contributed by atoms with Gasteiger partial charge in [-0.05, 0) is 43.5 Å². The van der Waals surface area contributed by atoms with Crippen LogP contribution in [0, 0.1) is 18.7 Å². The summed E-state index contributed by atoms with van der Waals surface area (Å²) in [6, 6.07) is 4.44. The van der Waals surface area contributed by atoms with Gasteiger partial charge in [-0.15, -0.1) is 11.3 Å². The minimum absolute atomic E-state index is 0.00782. The molecule has 136 valence electrons. The summed E-state index contributed by atoms with van der Waals surface area (Å²) >= 11 is 1.52. The number of carbonyl (C=O) groups is 2. The summed E-state index contributed by atoms with van der Waals surface area (Å²) in [4.78, 5) is 33.7. The van der Waals surface area contributed by atoms with E-state index in [4.69, 9.17) is 0 Å². The summed E-state index contributed by atoms with van der Waals surface area (Å²) in [5.74, 6) is -0.506. The number of aryl methyl sites for hydroxylation is 1. The van der Waals surface area contributed by atoms with Crippen LogP contribution in [-0.2, 0) is 11.3 Å². The zero-order chi connectivity index (χ0) is 18.3.